The number of hydrogen-bond donors (Lipinski definition) is 4. The number of carbonyl (C=O) groups is 4. The number of nitrogens with one attached hydrogen (secondary N) is 4. The number of aromatic nitrogens is 1. The number of fused-ring (bicyclic) bond motifs is 1. The molecule has 1 aliphatic heterocycles. The van der Waals surface area contributed by atoms with Crippen LogP contribution >= 0.6 is 0 Å². The summed E-state index contributed by atoms with van der Waals surface area (Å²) >= 11 is 0. The molecule has 1 aromatic heterocycles. The summed E-state index contributed by atoms with van der Waals surface area (Å²) in [6.07, 6.45) is 1.08. The van der Waals surface area contributed by atoms with Gasteiger partial charge in [-0.2, -0.15) is 0 Å². The van der Waals surface area contributed by atoms with Gasteiger partial charge in [-0.15, -0.1) is 0 Å². The van der Waals surface area contributed by atoms with Gasteiger partial charge in [0.25, 0.3) is 5.91 Å². The van der Waals surface area contributed by atoms with E-state index in [-0.39, 0.29) is 48.1 Å². The summed E-state index contributed by atoms with van der Waals surface area (Å²) in [6, 6.07) is 5.06. The Labute approximate surface area is 166 Å². The van der Waals surface area contributed by atoms with Crippen molar-refractivity contribution in [2.24, 2.45) is 5.92 Å². The third kappa shape index (κ3) is 4.79. The molecule has 8 nitrogen and oxygen atoms in total. The highest BCUT2D eigenvalue weighted by Gasteiger charge is 2.30. The van der Waals surface area contributed by atoms with Crippen LogP contribution in [0.4, 0.5) is 4.39 Å². The molecule has 9 heteroatoms. The van der Waals surface area contributed by atoms with E-state index in [0.717, 1.165) is 0 Å². The first-order valence-corrected chi connectivity index (χ1v) is 9.54. The highest BCUT2D eigenvalue weighted by Crippen LogP contribution is 2.19. The van der Waals surface area contributed by atoms with Crippen LogP contribution in [0.3, 0.4) is 0 Å². The van der Waals surface area contributed by atoms with E-state index < -0.39 is 23.7 Å². The van der Waals surface area contributed by atoms with E-state index in [9.17, 15) is 23.6 Å². The molecule has 1 aromatic carbocycles. The van der Waals surface area contributed by atoms with Gasteiger partial charge in [0.15, 0.2) is 5.78 Å². The summed E-state index contributed by atoms with van der Waals surface area (Å²) in [5.74, 6) is -2.16. The minimum atomic E-state index is -0.777. The maximum atomic E-state index is 13.7. The van der Waals surface area contributed by atoms with E-state index in [1.54, 1.807) is 13.0 Å². The minimum absolute atomic E-state index is 0.118. The molecule has 0 spiro atoms. The zero-order valence-electron chi connectivity index (χ0n) is 16.0. The molecule has 0 aliphatic carbocycles. The lowest BCUT2D eigenvalue weighted by molar-refractivity contribution is -0.128. The minimum Gasteiger partial charge on any atom is -0.356 e. The number of H-pyrrole nitrogens is 1. The van der Waals surface area contributed by atoms with Crippen molar-refractivity contribution in [1.29, 1.82) is 0 Å². The lowest BCUT2D eigenvalue weighted by atomic mass is 9.95. The van der Waals surface area contributed by atoms with E-state index >= 15 is 0 Å². The second-order valence-electron chi connectivity index (χ2n) is 7.02. The summed E-state index contributed by atoms with van der Waals surface area (Å²) in [5, 5.41) is 8.04. The number of benzene rings is 1. The Morgan fingerprint density at radius 3 is 2.76 bits per heavy atom. The molecule has 2 unspecified atom stereocenters. The smallest absolute Gasteiger partial charge is 0.268 e. The van der Waals surface area contributed by atoms with Crippen molar-refractivity contribution >= 4 is 34.4 Å². The maximum absolute atomic E-state index is 13.7. The average molecular weight is 402 g/mol. The molecular formula is C20H23FN4O4. The molecule has 0 saturated carbocycles. The van der Waals surface area contributed by atoms with Crippen LogP contribution < -0.4 is 16.0 Å². The van der Waals surface area contributed by atoms with E-state index in [4.69, 9.17) is 0 Å². The highest BCUT2D eigenvalue weighted by molar-refractivity contribution is 6.00. The molecule has 1 saturated heterocycles. The Hall–Kier alpha value is -3.23. The van der Waals surface area contributed by atoms with E-state index in [2.05, 4.69) is 20.9 Å². The van der Waals surface area contributed by atoms with E-state index in [0.29, 0.717) is 18.5 Å². The van der Waals surface area contributed by atoms with Gasteiger partial charge in [-0.3, -0.25) is 19.2 Å². The molecule has 154 valence electrons. The first kappa shape index (κ1) is 20.5. The van der Waals surface area contributed by atoms with Gasteiger partial charge >= 0.3 is 0 Å². The number of amides is 3. The van der Waals surface area contributed by atoms with Gasteiger partial charge in [0.1, 0.15) is 11.5 Å². The van der Waals surface area contributed by atoms with Crippen molar-refractivity contribution in [3.63, 3.8) is 0 Å². The van der Waals surface area contributed by atoms with Crippen LogP contribution in [0, 0.1) is 11.7 Å². The molecule has 4 N–H and O–H groups in total. The van der Waals surface area contributed by atoms with E-state index in [1.807, 2.05) is 0 Å². The fraction of sp³-hybridized carbons (Fsp3) is 0.400. The summed E-state index contributed by atoms with van der Waals surface area (Å²) in [6.45, 7) is 1.90. The first-order valence-electron chi connectivity index (χ1n) is 9.54. The predicted molar refractivity (Wildman–Crippen MR) is 104 cm³/mol. The third-order valence-electron chi connectivity index (χ3n) is 5.02. The molecule has 1 fully saturated rings. The number of halogens is 1. The van der Waals surface area contributed by atoms with Gasteiger partial charge < -0.3 is 20.9 Å². The van der Waals surface area contributed by atoms with Crippen LogP contribution in [-0.2, 0) is 14.4 Å². The molecule has 29 heavy (non-hydrogen) atoms. The molecule has 0 radical (unpaired) electrons. The SMILES string of the molecule is CCC(=O)C(CC1CCNC1=O)NC(=O)CNC(=O)c1cc2c(F)cccc2[nH]1. The van der Waals surface area contributed by atoms with Gasteiger partial charge in [-0.05, 0) is 31.0 Å². The molecule has 2 aromatic rings. The predicted octanol–water partition coefficient (Wildman–Crippen LogP) is 1.03. The van der Waals surface area contributed by atoms with Crippen molar-refractivity contribution in [2.75, 3.05) is 13.1 Å². The van der Waals surface area contributed by atoms with Gasteiger partial charge in [-0.1, -0.05) is 13.0 Å². The van der Waals surface area contributed by atoms with Crippen LogP contribution in [0.25, 0.3) is 10.9 Å². The summed E-state index contributed by atoms with van der Waals surface area (Å²) in [4.78, 5) is 51.2. The topological polar surface area (TPSA) is 120 Å². The molecule has 2 heterocycles. The normalized spacial score (nSPS) is 17.0. The van der Waals surface area contributed by atoms with Gasteiger partial charge in [0, 0.05) is 29.8 Å². The molecule has 0 bridgehead atoms. The Balaban J connectivity index is 1.57. The molecule has 2 atom stereocenters. The van der Waals surface area contributed by atoms with Crippen LogP contribution in [0.15, 0.2) is 24.3 Å². The summed E-state index contributed by atoms with van der Waals surface area (Å²) < 4.78 is 13.7. The standard InChI is InChI=1S/C20H23FN4O4/c1-2-17(26)15(8-11-6-7-22-19(11)28)25-18(27)10-23-20(29)16-9-12-13(21)4-3-5-14(12)24-16/h3-5,9,11,15,24H,2,6-8,10H2,1H3,(H,22,28)(H,23,29)(H,25,27). The largest absolute Gasteiger partial charge is 0.356 e. The zero-order valence-corrected chi connectivity index (χ0v) is 16.0. The monoisotopic (exact) mass is 402 g/mol. The van der Waals surface area contributed by atoms with Gasteiger partial charge in [-0.25, -0.2) is 4.39 Å². The van der Waals surface area contributed by atoms with E-state index in [1.165, 1.54) is 18.2 Å². The summed E-state index contributed by atoms with van der Waals surface area (Å²) in [5.41, 5.74) is 0.602. The van der Waals surface area contributed by atoms with Crippen molar-refractivity contribution in [3.05, 3.63) is 35.8 Å². The Morgan fingerprint density at radius 1 is 1.31 bits per heavy atom. The van der Waals surface area contributed by atoms with Crippen molar-refractivity contribution < 1.29 is 23.6 Å². The van der Waals surface area contributed by atoms with Crippen LogP contribution in [0.1, 0.15) is 36.7 Å². The Bertz CT molecular complexity index is 955. The molecule has 1 aliphatic rings. The van der Waals surface area contributed by atoms with Gasteiger partial charge in [0.05, 0.1) is 12.6 Å². The quantitative estimate of drug-likeness (QED) is 0.527. The van der Waals surface area contributed by atoms with Crippen molar-refractivity contribution in [3.8, 4) is 0 Å². The van der Waals surface area contributed by atoms with Crippen LogP contribution in [0.5, 0.6) is 0 Å². The number of carbonyl (C=O) groups excluding carboxylic acids is 4. The third-order valence-corrected chi connectivity index (χ3v) is 5.02. The molecular weight excluding hydrogens is 379 g/mol. The summed E-state index contributed by atoms with van der Waals surface area (Å²) in [7, 11) is 0. The lowest BCUT2D eigenvalue weighted by Gasteiger charge is -2.19. The number of Topliss-reactive ketones (excluding diaryl/α,β-unsaturated/α-hetero) is 1. The van der Waals surface area contributed by atoms with Crippen LogP contribution in [0.2, 0.25) is 0 Å². The Morgan fingerprint density at radius 2 is 2.10 bits per heavy atom. The van der Waals surface area contributed by atoms with Gasteiger partial charge in [0.2, 0.25) is 11.8 Å². The van der Waals surface area contributed by atoms with Crippen molar-refractivity contribution in [2.45, 2.75) is 32.2 Å². The lowest BCUT2D eigenvalue weighted by Crippen LogP contribution is -2.46. The highest BCUT2D eigenvalue weighted by atomic mass is 19.1. The fourth-order valence-corrected chi connectivity index (χ4v) is 3.41. The Kier molecular flexibility index (Phi) is 6.26. The average Bonchev–Trinajstić information content (AvgIpc) is 3.32. The molecule has 3 amide bonds. The zero-order chi connectivity index (χ0) is 21.0. The number of ketones is 1. The fourth-order valence-electron chi connectivity index (χ4n) is 3.41. The number of hydrogen-bond acceptors (Lipinski definition) is 4. The maximum Gasteiger partial charge on any atom is 0.268 e. The number of rotatable bonds is 8. The second-order valence-corrected chi connectivity index (χ2v) is 7.02. The number of aromatic amines is 1. The van der Waals surface area contributed by atoms with Crippen LogP contribution in [-0.4, -0.2) is 47.6 Å². The second kappa shape index (κ2) is 8.85. The van der Waals surface area contributed by atoms with Crippen molar-refractivity contribution in [1.82, 2.24) is 20.9 Å². The molecule has 3 rings (SSSR count). The first-order chi connectivity index (χ1) is 13.9.